The number of carbonyl (C=O) groups excluding carboxylic acids is 1. The van der Waals surface area contributed by atoms with Crippen LogP contribution in [0.15, 0.2) is 30.3 Å². The van der Waals surface area contributed by atoms with Crippen LogP contribution >= 0.6 is 22.9 Å². The lowest BCUT2D eigenvalue weighted by atomic mass is 10.2. The van der Waals surface area contributed by atoms with Crippen molar-refractivity contribution in [1.29, 1.82) is 0 Å². The molecule has 1 saturated carbocycles. The van der Waals surface area contributed by atoms with Crippen LogP contribution in [0.5, 0.6) is 5.75 Å². The fourth-order valence-corrected chi connectivity index (χ4v) is 3.03. The molecule has 2 amide bonds. The summed E-state index contributed by atoms with van der Waals surface area (Å²) in [4.78, 5) is 12.7. The van der Waals surface area contributed by atoms with Gasteiger partial charge in [0.1, 0.15) is 0 Å². The van der Waals surface area contributed by atoms with Crippen LogP contribution in [0.25, 0.3) is 0 Å². The molecule has 1 aromatic carbocycles. The molecule has 0 bridgehead atoms. The Labute approximate surface area is 142 Å². The number of urea groups is 1. The maximum atomic E-state index is 14.3. The van der Waals surface area contributed by atoms with Crippen molar-refractivity contribution in [3.05, 3.63) is 50.9 Å². The Morgan fingerprint density at radius 3 is 2.74 bits per heavy atom. The molecule has 1 aliphatic carbocycles. The van der Waals surface area contributed by atoms with Gasteiger partial charge in [0.25, 0.3) is 0 Å². The summed E-state index contributed by atoms with van der Waals surface area (Å²) in [6.07, 6.45) is 2.07. The molecular formula is C16H16ClFN2O2S. The van der Waals surface area contributed by atoms with E-state index >= 15 is 0 Å². The molecule has 1 fully saturated rings. The molecule has 0 unspecified atom stereocenters. The normalized spacial score (nSPS) is 13.7. The number of carbonyl (C=O) groups is 1. The summed E-state index contributed by atoms with van der Waals surface area (Å²) in [6.45, 7) is 0.487. The summed E-state index contributed by atoms with van der Waals surface area (Å²) in [5, 5.41) is 5.35. The van der Waals surface area contributed by atoms with Crippen LogP contribution in [-0.4, -0.2) is 12.1 Å². The first-order valence-corrected chi connectivity index (χ1v) is 8.51. The summed E-state index contributed by atoms with van der Waals surface area (Å²) in [6, 6.07) is 8.24. The van der Waals surface area contributed by atoms with Crippen LogP contribution in [0.2, 0.25) is 4.34 Å². The third kappa shape index (κ3) is 4.59. The Balaban J connectivity index is 1.50. The molecule has 0 radical (unpaired) electrons. The Kier molecular flexibility index (Phi) is 5.03. The van der Waals surface area contributed by atoms with Gasteiger partial charge < -0.3 is 15.4 Å². The molecule has 3 rings (SSSR count). The van der Waals surface area contributed by atoms with Gasteiger partial charge >= 0.3 is 6.03 Å². The maximum absolute atomic E-state index is 14.3. The van der Waals surface area contributed by atoms with Crippen molar-refractivity contribution in [2.24, 2.45) is 0 Å². The van der Waals surface area contributed by atoms with Gasteiger partial charge in [-0.2, -0.15) is 0 Å². The van der Waals surface area contributed by atoms with Crippen LogP contribution in [0.3, 0.4) is 0 Å². The lowest BCUT2D eigenvalue weighted by Crippen LogP contribution is -2.34. The highest BCUT2D eigenvalue weighted by molar-refractivity contribution is 7.16. The zero-order chi connectivity index (χ0) is 16.2. The maximum Gasteiger partial charge on any atom is 0.315 e. The van der Waals surface area contributed by atoms with E-state index in [0.29, 0.717) is 16.4 Å². The van der Waals surface area contributed by atoms with Crippen molar-refractivity contribution in [3.63, 3.8) is 0 Å². The average Bonchev–Trinajstić information content (AvgIpc) is 3.26. The van der Waals surface area contributed by atoms with E-state index in [0.717, 1.165) is 17.7 Å². The number of ether oxygens (including phenoxy) is 1. The number of rotatable bonds is 6. The van der Waals surface area contributed by atoms with E-state index in [2.05, 4.69) is 10.6 Å². The molecule has 122 valence electrons. The van der Waals surface area contributed by atoms with Gasteiger partial charge in [-0.25, -0.2) is 9.18 Å². The molecule has 1 aromatic heterocycles. The van der Waals surface area contributed by atoms with Crippen molar-refractivity contribution in [2.45, 2.75) is 32.0 Å². The smallest absolute Gasteiger partial charge is 0.315 e. The minimum atomic E-state index is -0.412. The van der Waals surface area contributed by atoms with Gasteiger partial charge in [0.05, 0.1) is 17.0 Å². The van der Waals surface area contributed by atoms with Crippen molar-refractivity contribution in [3.8, 4) is 5.75 Å². The molecule has 0 spiro atoms. The second-order valence-electron chi connectivity index (χ2n) is 5.29. The van der Waals surface area contributed by atoms with Gasteiger partial charge in [-0.3, -0.25) is 0 Å². The monoisotopic (exact) mass is 354 g/mol. The standard InChI is InChI=1S/C16H16ClFN2O2S/c17-14-7-6-12(23-14)9-20-16(21)19-8-10-2-1-3-13(15(10)18)22-11-4-5-11/h1-3,6-7,11H,4-5,8-9H2,(H2,19,20,21). The highest BCUT2D eigenvalue weighted by Crippen LogP contribution is 2.29. The third-order valence-electron chi connectivity index (χ3n) is 3.35. The highest BCUT2D eigenvalue weighted by atomic mass is 35.5. The van der Waals surface area contributed by atoms with E-state index in [4.69, 9.17) is 16.3 Å². The Morgan fingerprint density at radius 2 is 2.04 bits per heavy atom. The number of benzene rings is 1. The molecule has 4 nitrogen and oxygen atoms in total. The predicted molar refractivity (Wildman–Crippen MR) is 88.5 cm³/mol. The van der Waals surface area contributed by atoms with Gasteiger partial charge in [-0.05, 0) is 31.0 Å². The van der Waals surface area contributed by atoms with Gasteiger partial charge in [0.2, 0.25) is 0 Å². The summed E-state index contributed by atoms with van der Waals surface area (Å²) in [5.74, 6) is -0.162. The van der Waals surface area contributed by atoms with Crippen molar-refractivity contribution in [2.75, 3.05) is 0 Å². The Bertz CT molecular complexity index is 703. The first-order chi connectivity index (χ1) is 11.1. The SMILES string of the molecule is O=C(NCc1ccc(Cl)s1)NCc1cccc(OC2CC2)c1F. The summed E-state index contributed by atoms with van der Waals surface area (Å²) >= 11 is 7.23. The van der Waals surface area contributed by atoms with E-state index in [-0.39, 0.29) is 24.4 Å². The zero-order valence-electron chi connectivity index (χ0n) is 12.3. The molecule has 0 saturated heterocycles. The highest BCUT2D eigenvalue weighted by Gasteiger charge is 2.25. The molecule has 1 heterocycles. The molecule has 0 atom stereocenters. The average molecular weight is 355 g/mol. The summed E-state index contributed by atoms with van der Waals surface area (Å²) in [5.41, 5.74) is 0.400. The zero-order valence-corrected chi connectivity index (χ0v) is 13.8. The fourth-order valence-electron chi connectivity index (χ4n) is 2.00. The molecule has 7 heteroatoms. The molecular weight excluding hydrogens is 339 g/mol. The number of hydrogen-bond donors (Lipinski definition) is 2. The number of halogens is 2. The summed E-state index contributed by atoms with van der Waals surface area (Å²) < 4.78 is 20.4. The minimum absolute atomic E-state index is 0.102. The van der Waals surface area contributed by atoms with Crippen LogP contribution in [0.4, 0.5) is 9.18 Å². The van der Waals surface area contributed by atoms with E-state index in [1.807, 2.05) is 6.07 Å². The molecule has 2 aromatic rings. The molecule has 23 heavy (non-hydrogen) atoms. The van der Waals surface area contributed by atoms with Gasteiger partial charge in [0, 0.05) is 17.0 Å². The molecule has 1 aliphatic rings. The Morgan fingerprint density at radius 1 is 1.26 bits per heavy atom. The second-order valence-corrected chi connectivity index (χ2v) is 7.09. The number of hydrogen-bond acceptors (Lipinski definition) is 3. The molecule has 2 N–H and O–H groups in total. The number of thiophene rings is 1. The third-order valence-corrected chi connectivity index (χ3v) is 4.58. The lowest BCUT2D eigenvalue weighted by Gasteiger charge is -2.11. The molecule has 0 aliphatic heterocycles. The Hall–Kier alpha value is -1.79. The topological polar surface area (TPSA) is 50.4 Å². The van der Waals surface area contributed by atoms with Crippen LogP contribution in [0, 0.1) is 5.82 Å². The van der Waals surface area contributed by atoms with Gasteiger partial charge in [-0.15, -0.1) is 11.3 Å². The van der Waals surface area contributed by atoms with Crippen molar-refractivity contribution >= 4 is 29.0 Å². The largest absolute Gasteiger partial charge is 0.487 e. The van der Waals surface area contributed by atoms with E-state index in [1.165, 1.54) is 11.3 Å². The van der Waals surface area contributed by atoms with Crippen LogP contribution in [0.1, 0.15) is 23.3 Å². The van der Waals surface area contributed by atoms with Gasteiger partial charge in [-0.1, -0.05) is 23.7 Å². The van der Waals surface area contributed by atoms with Crippen molar-refractivity contribution in [1.82, 2.24) is 10.6 Å². The van der Waals surface area contributed by atoms with Gasteiger partial charge in [0.15, 0.2) is 11.6 Å². The second kappa shape index (κ2) is 7.19. The van der Waals surface area contributed by atoms with Crippen LogP contribution < -0.4 is 15.4 Å². The fraction of sp³-hybridized carbons (Fsp3) is 0.312. The number of nitrogens with one attached hydrogen (secondary N) is 2. The summed E-state index contributed by atoms with van der Waals surface area (Å²) in [7, 11) is 0. The lowest BCUT2D eigenvalue weighted by molar-refractivity contribution is 0.240. The van der Waals surface area contributed by atoms with E-state index in [9.17, 15) is 9.18 Å². The van der Waals surface area contributed by atoms with Crippen molar-refractivity contribution < 1.29 is 13.9 Å². The predicted octanol–water partition coefficient (Wildman–Crippen LogP) is 4.08. The first-order valence-electron chi connectivity index (χ1n) is 7.32. The van der Waals surface area contributed by atoms with Crippen LogP contribution in [-0.2, 0) is 13.1 Å². The first kappa shape index (κ1) is 16.1. The number of amides is 2. The van der Waals surface area contributed by atoms with E-state index in [1.54, 1.807) is 24.3 Å². The quantitative estimate of drug-likeness (QED) is 0.821. The van der Waals surface area contributed by atoms with E-state index < -0.39 is 5.82 Å². The minimum Gasteiger partial charge on any atom is -0.487 e.